The number of nitrogens with one attached hydrogen (secondary N) is 1. The van der Waals surface area contributed by atoms with Gasteiger partial charge in [-0.3, -0.25) is 0 Å². The minimum Gasteiger partial charge on any atom is -0.434 e. The van der Waals surface area contributed by atoms with E-state index in [9.17, 15) is 9.18 Å². The van der Waals surface area contributed by atoms with Crippen LogP contribution in [0.15, 0.2) is 42.6 Å². The number of anilines is 1. The molecule has 7 heteroatoms. The van der Waals surface area contributed by atoms with Crippen LogP contribution in [0.5, 0.6) is 11.6 Å². The van der Waals surface area contributed by atoms with E-state index in [4.69, 9.17) is 9.47 Å². The molecule has 1 aromatic heterocycles. The maximum Gasteiger partial charge on any atom is 0.322 e. The number of urea groups is 1. The first-order valence-electron chi connectivity index (χ1n) is 9.22. The van der Waals surface area contributed by atoms with Gasteiger partial charge in [0.15, 0.2) is 11.6 Å². The maximum absolute atomic E-state index is 13.9. The van der Waals surface area contributed by atoms with Gasteiger partial charge in [-0.05, 0) is 50.5 Å². The number of ether oxygens (including phenoxy) is 2. The molecule has 0 radical (unpaired) electrons. The van der Waals surface area contributed by atoms with E-state index >= 15 is 0 Å². The number of hydrogen-bond donors (Lipinski definition) is 1. The lowest BCUT2D eigenvalue weighted by Crippen LogP contribution is -2.41. The smallest absolute Gasteiger partial charge is 0.322 e. The first-order chi connectivity index (χ1) is 13.2. The summed E-state index contributed by atoms with van der Waals surface area (Å²) in [6.07, 6.45) is 4.74. The molecule has 2 amide bonds. The van der Waals surface area contributed by atoms with Gasteiger partial charge in [0.25, 0.3) is 0 Å². The Morgan fingerprint density at radius 2 is 2.19 bits per heavy atom. The van der Waals surface area contributed by atoms with Gasteiger partial charge >= 0.3 is 6.03 Å². The van der Waals surface area contributed by atoms with Gasteiger partial charge in [-0.2, -0.15) is 0 Å². The molecule has 27 heavy (non-hydrogen) atoms. The van der Waals surface area contributed by atoms with E-state index in [0.717, 1.165) is 25.9 Å². The Labute approximate surface area is 158 Å². The summed E-state index contributed by atoms with van der Waals surface area (Å²) < 4.78 is 25.1. The number of likely N-dealkylation sites (N-methyl/N-ethyl adjacent to an activating group) is 1. The Bertz CT molecular complexity index is 766. The quantitative estimate of drug-likeness (QED) is 0.813. The first-order valence-corrected chi connectivity index (χ1v) is 9.22. The lowest BCUT2D eigenvalue weighted by Gasteiger charge is -2.29. The Hall–Kier alpha value is -2.67. The van der Waals surface area contributed by atoms with Gasteiger partial charge < -0.3 is 19.7 Å². The molecule has 1 aliphatic heterocycles. The predicted octanol–water partition coefficient (Wildman–Crippen LogP) is 4.44. The van der Waals surface area contributed by atoms with E-state index in [1.807, 2.05) is 6.92 Å². The van der Waals surface area contributed by atoms with Crippen molar-refractivity contribution < 1.29 is 18.7 Å². The van der Waals surface area contributed by atoms with Crippen molar-refractivity contribution in [3.63, 3.8) is 0 Å². The second-order valence-corrected chi connectivity index (χ2v) is 6.35. The standard InChI is InChI=1S/C20H24FN3O3/c1-2-24(14-15-8-5-6-13-26-15)20(25)23-17-10-7-12-22-19(17)27-18-11-4-3-9-16(18)21/h3-4,7,9-12,15H,2,5-6,8,13-14H2,1H3,(H,23,25). The van der Waals surface area contributed by atoms with E-state index in [1.165, 1.54) is 18.3 Å². The molecule has 1 N–H and O–H groups in total. The van der Waals surface area contributed by atoms with Crippen LogP contribution in [0, 0.1) is 5.82 Å². The molecular formula is C20H24FN3O3. The molecule has 0 aliphatic carbocycles. The number of hydrogen-bond acceptors (Lipinski definition) is 4. The van der Waals surface area contributed by atoms with Crippen LogP contribution in [0.3, 0.4) is 0 Å². The summed E-state index contributed by atoms with van der Waals surface area (Å²) in [5.74, 6) is -0.305. The highest BCUT2D eigenvalue weighted by molar-refractivity contribution is 5.90. The molecule has 3 rings (SSSR count). The van der Waals surface area contributed by atoms with Gasteiger partial charge in [-0.15, -0.1) is 0 Å². The summed E-state index contributed by atoms with van der Waals surface area (Å²) in [5.41, 5.74) is 0.383. The molecule has 0 saturated carbocycles. The zero-order valence-electron chi connectivity index (χ0n) is 15.4. The van der Waals surface area contributed by atoms with E-state index in [2.05, 4.69) is 10.3 Å². The van der Waals surface area contributed by atoms with Crippen LogP contribution in [0.25, 0.3) is 0 Å². The van der Waals surface area contributed by atoms with Gasteiger partial charge in [0, 0.05) is 25.9 Å². The molecule has 6 nitrogen and oxygen atoms in total. The number of aromatic nitrogens is 1. The number of rotatable bonds is 6. The van der Waals surface area contributed by atoms with E-state index < -0.39 is 5.82 Å². The maximum atomic E-state index is 13.9. The Balaban J connectivity index is 1.68. The number of pyridine rings is 1. The fourth-order valence-corrected chi connectivity index (χ4v) is 2.95. The fourth-order valence-electron chi connectivity index (χ4n) is 2.95. The lowest BCUT2D eigenvalue weighted by atomic mass is 10.1. The predicted molar refractivity (Wildman–Crippen MR) is 101 cm³/mol. The average molecular weight is 373 g/mol. The number of nitrogens with zero attached hydrogens (tertiary/aromatic N) is 2. The van der Waals surface area contributed by atoms with Crippen LogP contribution in [0.1, 0.15) is 26.2 Å². The van der Waals surface area contributed by atoms with Crippen LogP contribution < -0.4 is 10.1 Å². The zero-order valence-corrected chi connectivity index (χ0v) is 15.4. The summed E-state index contributed by atoms with van der Waals surface area (Å²) >= 11 is 0. The average Bonchev–Trinajstić information content (AvgIpc) is 2.70. The molecule has 1 unspecified atom stereocenters. The van der Waals surface area contributed by atoms with Crippen molar-refractivity contribution in [2.24, 2.45) is 0 Å². The van der Waals surface area contributed by atoms with Gasteiger partial charge in [-0.1, -0.05) is 12.1 Å². The highest BCUT2D eigenvalue weighted by Gasteiger charge is 2.21. The Morgan fingerprint density at radius 3 is 2.93 bits per heavy atom. The topological polar surface area (TPSA) is 63.7 Å². The number of amides is 2. The van der Waals surface area contributed by atoms with Gasteiger partial charge in [0.2, 0.25) is 5.88 Å². The van der Waals surface area contributed by atoms with Gasteiger partial charge in [0.05, 0.1) is 6.10 Å². The van der Waals surface area contributed by atoms with Gasteiger partial charge in [-0.25, -0.2) is 14.2 Å². The van der Waals surface area contributed by atoms with Gasteiger partial charge in [0.1, 0.15) is 5.69 Å². The van der Waals surface area contributed by atoms with Crippen LogP contribution >= 0.6 is 0 Å². The van der Waals surface area contributed by atoms with Crippen LogP contribution in [-0.4, -0.2) is 41.7 Å². The van der Waals surface area contributed by atoms with E-state index in [-0.39, 0.29) is 23.8 Å². The number of carbonyl (C=O) groups is 1. The zero-order chi connectivity index (χ0) is 19.1. The molecule has 1 fully saturated rings. The van der Waals surface area contributed by atoms with Crippen molar-refractivity contribution in [3.05, 3.63) is 48.4 Å². The molecular weight excluding hydrogens is 349 g/mol. The molecule has 2 heterocycles. The number of halogens is 1. The highest BCUT2D eigenvalue weighted by atomic mass is 19.1. The summed E-state index contributed by atoms with van der Waals surface area (Å²) in [6, 6.07) is 9.15. The minimum atomic E-state index is -0.495. The largest absolute Gasteiger partial charge is 0.434 e. The number of benzene rings is 1. The van der Waals surface area contributed by atoms with Crippen molar-refractivity contribution in [1.29, 1.82) is 0 Å². The van der Waals surface area contributed by atoms with Crippen LogP contribution in [0.2, 0.25) is 0 Å². The van der Waals surface area contributed by atoms with Crippen molar-refractivity contribution in [1.82, 2.24) is 9.88 Å². The summed E-state index contributed by atoms with van der Waals surface area (Å²) in [7, 11) is 0. The third kappa shape index (κ3) is 5.17. The second-order valence-electron chi connectivity index (χ2n) is 6.35. The van der Waals surface area contributed by atoms with Crippen molar-refractivity contribution in [2.75, 3.05) is 25.0 Å². The molecule has 0 bridgehead atoms. The van der Waals surface area contributed by atoms with Crippen molar-refractivity contribution in [2.45, 2.75) is 32.3 Å². The van der Waals surface area contributed by atoms with E-state index in [0.29, 0.717) is 18.8 Å². The number of carbonyl (C=O) groups excluding carboxylic acids is 1. The highest BCUT2D eigenvalue weighted by Crippen LogP contribution is 2.28. The summed E-state index contributed by atoms with van der Waals surface area (Å²) in [4.78, 5) is 18.5. The fraction of sp³-hybridized carbons (Fsp3) is 0.400. The molecule has 1 aliphatic rings. The molecule has 0 spiro atoms. The number of para-hydroxylation sites is 1. The SMILES string of the molecule is CCN(CC1CCCCO1)C(=O)Nc1cccnc1Oc1ccccc1F. The van der Waals surface area contributed by atoms with Crippen molar-refractivity contribution in [3.8, 4) is 11.6 Å². The summed E-state index contributed by atoms with van der Waals surface area (Å²) in [6.45, 7) is 3.75. The monoisotopic (exact) mass is 373 g/mol. The van der Waals surface area contributed by atoms with Crippen LogP contribution in [0.4, 0.5) is 14.9 Å². The van der Waals surface area contributed by atoms with E-state index in [1.54, 1.807) is 29.2 Å². The second kappa shape index (κ2) is 9.32. The molecule has 1 aromatic carbocycles. The molecule has 1 saturated heterocycles. The third-order valence-corrected chi connectivity index (χ3v) is 4.42. The molecule has 1 atom stereocenters. The Kier molecular flexibility index (Phi) is 6.59. The van der Waals surface area contributed by atoms with Crippen molar-refractivity contribution >= 4 is 11.7 Å². The van der Waals surface area contributed by atoms with Crippen LogP contribution in [-0.2, 0) is 4.74 Å². The first kappa shape index (κ1) is 19.1. The third-order valence-electron chi connectivity index (χ3n) is 4.42. The normalized spacial score (nSPS) is 16.6. The summed E-state index contributed by atoms with van der Waals surface area (Å²) in [5, 5.41) is 2.81. The Morgan fingerprint density at radius 1 is 1.33 bits per heavy atom. The minimum absolute atomic E-state index is 0.0506. The molecule has 144 valence electrons. The molecule has 2 aromatic rings. The lowest BCUT2D eigenvalue weighted by molar-refractivity contribution is 0.00221.